The van der Waals surface area contributed by atoms with Crippen molar-refractivity contribution in [3.63, 3.8) is 0 Å². The van der Waals surface area contributed by atoms with Crippen LogP contribution in [0.3, 0.4) is 0 Å². The molecule has 0 aromatic carbocycles. The monoisotopic (exact) mass is 321 g/mol. The molecule has 0 amide bonds. The van der Waals surface area contributed by atoms with Crippen molar-refractivity contribution in [2.24, 2.45) is 0 Å². The Kier molecular flexibility index (Phi) is 10.2. The molecule has 0 spiro atoms. The van der Waals surface area contributed by atoms with E-state index in [2.05, 4.69) is 50.3 Å². The molecule has 0 radical (unpaired) electrons. The second-order valence-corrected chi connectivity index (χ2v) is 3.98. The molecule has 0 N–H and O–H groups in total. The minimum absolute atomic E-state index is 0. The average molecular weight is 324 g/mol. The van der Waals surface area contributed by atoms with Gasteiger partial charge in [0.2, 0.25) is 0 Å². The van der Waals surface area contributed by atoms with E-state index in [4.69, 9.17) is 0 Å². The molecule has 0 atom stereocenters. The molecule has 56 valence electrons. The molecule has 0 rings (SSSR count). The minimum atomic E-state index is 0. The Morgan fingerprint density at radius 2 is 1.56 bits per heavy atom. The molecule has 0 heterocycles. The molecule has 1 nitrogen and oxygen atoms in total. The Hall–Kier alpha value is 1.11. The van der Waals surface area contributed by atoms with E-state index >= 15 is 0 Å². The molecule has 0 aromatic heterocycles. The topological polar surface area (TPSA) is 3.01 Å². The highest BCUT2D eigenvalue weighted by atomic mass is 79.9. The first-order valence-electron chi connectivity index (χ1n) is 2.65. The largest absolute Gasteiger partial charge is 1.00 e. The zero-order valence-corrected chi connectivity index (χ0v) is 10.3. The summed E-state index contributed by atoms with van der Waals surface area (Å²) in [5.74, 6) is 0. The predicted octanol–water partition coefficient (Wildman–Crippen LogP) is -0.812. The molecule has 0 saturated heterocycles. The van der Waals surface area contributed by atoms with Crippen molar-refractivity contribution in [3.05, 3.63) is 0 Å². The van der Waals surface area contributed by atoms with Crippen LogP contribution in [-0.4, -0.2) is 21.2 Å². The molecule has 9 heavy (non-hydrogen) atoms. The van der Waals surface area contributed by atoms with Crippen molar-refractivity contribution in [3.8, 4) is 0 Å². The molecule has 0 aliphatic heterocycles. The number of rotatable bonds is 2. The SMILES string of the molecule is CC[N+](CC)=C(Br)Br.[Br-]. The van der Waals surface area contributed by atoms with Gasteiger partial charge in [0.25, 0.3) is 3.53 Å². The highest BCUT2D eigenvalue weighted by Gasteiger charge is 2.00. The van der Waals surface area contributed by atoms with Crippen LogP contribution in [0.2, 0.25) is 0 Å². The number of hydrogen-bond acceptors (Lipinski definition) is 0. The summed E-state index contributed by atoms with van der Waals surface area (Å²) in [7, 11) is 0. The van der Waals surface area contributed by atoms with Crippen LogP contribution >= 0.6 is 31.9 Å². The first kappa shape index (κ1) is 12.8. The zero-order chi connectivity index (χ0) is 6.57. The normalized spacial score (nSPS) is 8.00. The fourth-order valence-corrected chi connectivity index (χ4v) is 1.47. The van der Waals surface area contributed by atoms with Crippen molar-refractivity contribution in [2.45, 2.75) is 13.8 Å². The zero-order valence-electron chi connectivity index (χ0n) is 5.50. The molecular formula is C5H10Br3N. The van der Waals surface area contributed by atoms with Gasteiger partial charge in [-0.2, -0.15) is 0 Å². The van der Waals surface area contributed by atoms with Crippen LogP contribution in [0, 0.1) is 0 Å². The Balaban J connectivity index is 0. The lowest BCUT2D eigenvalue weighted by atomic mass is 10.6. The summed E-state index contributed by atoms with van der Waals surface area (Å²) in [4.78, 5) is 0. The van der Waals surface area contributed by atoms with Gasteiger partial charge in [-0.05, 0) is 13.8 Å². The predicted molar refractivity (Wildman–Crippen MR) is 44.2 cm³/mol. The first-order valence-corrected chi connectivity index (χ1v) is 4.23. The lowest BCUT2D eigenvalue weighted by molar-refractivity contribution is -0.514. The van der Waals surface area contributed by atoms with Crippen molar-refractivity contribution in [2.75, 3.05) is 13.1 Å². The van der Waals surface area contributed by atoms with Gasteiger partial charge in [0.05, 0.1) is 0 Å². The smallest absolute Gasteiger partial charge is 0.285 e. The third kappa shape index (κ3) is 5.55. The summed E-state index contributed by atoms with van der Waals surface area (Å²) < 4.78 is 3.20. The summed E-state index contributed by atoms with van der Waals surface area (Å²) in [6.07, 6.45) is 0. The van der Waals surface area contributed by atoms with Gasteiger partial charge in [0, 0.05) is 31.9 Å². The number of hydrogen-bond donors (Lipinski definition) is 0. The van der Waals surface area contributed by atoms with Gasteiger partial charge in [-0.15, -0.1) is 0 Å². The second-order valence-electron chi connectivity index (χ2n) is 1.41. The third-order valence-corrected chi connectivity index (χ3v) is 2.01. The van der Waals surface area contributed by atoms with E-state index in [1.807, 2.05) is 0 Å². The van der Waals surface area contributed by atoms with E-state index in [0.29, 0.717) is 0 Å². The van der Waals surface area contributed by atoms with Gasteiger partial charge in [0.1, 0.15) is 13.1 Å². The Morgan fingerprint density at radius 1 is 1.22 bits per heavy atom. The summed E-state index contributed by atoms with van der Waals surface area (Å²) in [6.45, 7) is 6.32. The van der Waals surface area contributed by atoms with Crippen LogP contribution in [-0.2, 0) is 0 Å². The molecule has 0 aromatic rings. The second kappa shape index (κ2) is 7.22. The molecule has 0 aliphatic rings. The van der Waals surface area contributed by atoms with E-state index in [1.54, 1.807) is 0 Å². The molecule has 0 fully saturated rings. The van der Waals surface area contributed by atoms with Crippen LogP contribution in [0.1, 0.15) is 13.8 Å². The van der Waals surface area contributed by atoms with E-state index in [-0.39, 0.29) is 17.0 Å². The summed E-state index contributed by atoms with van der Waals surface area (Å²) in [6, 6.07) is 0. The molecule has 4 heteroatoms. The van der Waals surface area contributed by atoms with Crippen molar-refractivity contribution < 1.29 is 21.6 Å². The maximum Gasteiger partial charge on any atom is 0.285 e. The van der Waals surface area contributed by atoms with Crippen molar-refractivity contribution >= 4 is 35.4 Å². The Labute approximate surface area is 83.6 Å². The quantitative estimate of drug-likeness (QED) is 0.462. The van der Waals surface area contributed by atoms with E-state index in [1.165, 1.54) is 0 Å². The van der Waals surface area contributed by atoms with Gasteiger partial charge < -0.3 is 17.0 Å². The third-order valence-electron chi connectivity index (χ3n) is 1.00. The summed E-state index contributed by atoms with van der Waals surface area (Å²) >= 11 is 6.64. The van der Waals surface area contributed by atoms with Crippen LogP contribution in [0.15, 0.2) is 0 Å². The highest BCUT2D eigenvalue weighted by Crippen LogP contribution is 1.97. The molecule has 0 aliphatic carbocycles. The Bertz CT molecular complexity index is 90.4. The number of nitrogens with zero attached hydrogens (tertiary/aromatic N) is 1. The average Bonchev–Trinajstić information content (AvgIpc) is 1.69. The lowest BCUT2D eigenvalue weighted by Gasteiger charge is -1.93. The van der Waals surface area contributed by atoms with Gasteiger partial charge in [0.15, 0.2) is 0 Å². The fraction of sp³-hybridized carbons (Fsp3) is 0.800. The fourth-order valence-electron chi connectivity index (χ4n) is 0.463. The maximum atomic E-state index is 3.32. The maximum absolute atomic E-state index is 3.32. The summed E-state index contributed by atoms with van der Waals surface area (Å²) in [5.41, 5.74) is 0. The molecule has 0 saturated carbocycles. The van der Waals surface area contributed by atoms with Gasteiger partial charge in [-0.25, -0.2) is 4.58 Å². The van der Waals surface area contributed by atoms with Gasteiger partial charge in [-0.1, -0.05) is 0 Å². The van der Waals surface area contributed by atoms with Crippen LogP contribution in [0.4, 0.5) is 0 Å². The van der Waals surface area contributed by atoms with Gasteiger partial charge in [-0.3, -0.25) is 0 Å². The number of halogens is 3. The van der Waals surface area contributed by atoms with E-state index in [9.17, 15) is 0 Å². The standard InChI is InChI=1S/C5H10Br2N.BrH/c1-3-8(4-2)5(6)7;/h3-4H2,1-2H3;1H/q+1;/p-1. The Morgan fingerprint density at radius 3 is 1.56 bits per heavy atom. The van der Waals surface area contributed by atoms with Crippen LogP contribution in [0.5, 0.6) is 0 Å². The van der Waals surface area contributed by atoms with E-state index in [0.717, 1.165) is 16.6 Å². The highest BCUT2D eigenvalue weighted by molar-refractivity contribution is 9.39. The summed E-state index contributed by atoms with van der Waals surface area (Å²) in [5, 5.41) is 0. The first-order chi connectivity index (χ1) is 3.72. The van der Waals surface area contributed by atoms with Crippen LogP contribution < -0.4 is 17.0 Å². The van der Waals surface area contributed by atoms with Crippen molar-refractivity contribution in [1.29, 1.82) is 0 Å². The molecule has 0 unspecified atom stereocenters. The molecular weight excluding hydrogens is 314 g/mol. The van der Waals surface area contributed by atoms with Crippen molar-refractivity contribution in [1.82, 2.24) is 0 Å². The van der Waals surface area contributed by atoms with Gasteiger partial charge >= 0.3 is 0 Å². The minimum Gasteiger partial charge on any atom is -1.00 e. The lowest BCUT2D eigenvalue weighted by Crippen LogP contribution is -3.00. The van der Waals surface area contributed by atoms with Crippen LogP contribution in [0.25, 0.3) is 0 Å². The van der Waals surface area contributed by atoms with E-state index < -0.39 is 0 Å². The molecule has 0 bridgehead atoms.